The number of hydrogen-bond acceptors (Lipinski definition) is 3. The van der Waals surface area contributed by atoms with Crippen LogP contribution in [0.15, 0.2) is 59.6 Å². The standard InChI is InChI=1S/C23H18N2O2S/c1-3-12-25-22(26)21(28-23(25)27)13-18-15-24(20-7-5-4-6-19(18)20)14-17-10-8-16(2)9-11-17/h1,4-11,13,15H,12,14H2,2H3/b21-13-. The maximum atomic E-state index is 12.5. The van der Waals surface area contributed by atoms with E-state index in [-0.39, 0.29) is 17.7 Å². The van der Waals surface area contributed by atoms with E-state index in [0.717, 1.165) is 39.7 Å². The van der Waals surface area contributed by atoms with Crippen molar-refractivity contribution in [2.24, 2.45) is 0 Å². The molecule has 138 valence electrons. The van der Waals surface area contributed by atoms with Gasteiger partial charge in [0.2, 0.25) is 0 Å². The molecule has 3 aromatic rings. The van der Waals surface area contributed by atoms with Gasteiger partial charge in [-0.1, -0.05) is 53.9 Å². The van der Waals surface area contributed by atoms with Gasteiger partial charge < -0.3 is 4.57 Å². The average molecular weight is 386 g/mol. The molecule has 0 bridgehead atoms. The van der Waals surface area contributed by atoms with Gasteiger partial charge in [0.05, 0.1) is 11.4 Å². The summed E-state index contributed by atoms with van der Waals surface area (Å²) in [6.45, 7) is 2.80. The highest BCUT2D eigenvalue weighted by molar-refractivity contribution is 8.18. The fraction of sp³-hybridized carbons (Fsp3) is 0.130. The van der Waals surface area contributed by atoms with E-state index in [9.17, 15) is 9.59 Å². The number of benzene rings is 2. The second kappa shape index (κ2) is 7.41. The topological polar surface area (TPSA) is 42.3 Å². The van der Waals surface area contributed by atoms with E-state index in [1.807, 2.05) is 24.4 Å². The summed E-state index contributed by atoms with van der Waals surface area (Å²) >= 11 is 0.934. The van der Waals surface area contributed by atoms with E-state index in [1.165, 1.54) is 11.1 Å². The van der Waals surface area contributed by atoms with Gasteiger partial charge in [-0.2, -0.15) is 0 Å². The number of rotatable bonds is 4. The number of nitrogens with zero attached hydrogens (tertiary/aromatic N) is 2. The molecule has 1 aromatic heterocycles. The first-order chi connectivity index (χ1) is 13.6. The van der Waals surface area contributed by atoms with Crippen molar-refractivity contribution in [3.8, 4) is 12.3 Å². The van der Waals surface area contributed by atoms with Crippen LogP contribution in [0, 0.1) is 19.3 Å². The van der Waals surface area contributed by atoms with Crippen molar-refractivity contribution >= 4 is 39.9 Å². The normalized spacial score (nSPS) is 15.6. The first-order valence-corrected chi connectivity index (χ1v) is 9.70. The number of carbonyl (C=O) groups is 2. The Hall–Kier alpha value is -3.23. The lowest BCUT2D eigenvalue weighted by Gasteiger charge is -2.06. The molecule has 0 N–H and O–H groups in total. The number of imide groups is 1. The van der Waals surface area contributed by atoms with Crippen molar-refractivity contribution in [2.75, 3.05) is 6.54 Å². The molecule has 0 radical (unpaired) electrons. The number of para-hydroxylation sites is 1. The van der Waals surface area contributed by atoms with Crippen LogP contribution < -0.4 is 0 Å². The number of amides is 2. The molecule has 1 saturated heterocycles. The highest BCUT2D eigenvalue weighted by atomic mass is 32.2. The molecule has 4 nitrogen and oxygen atoms in total. The fourth-order valence-electron chi connectivity index (χ4n) is 3.28. The lowest BCUT2D eigenvalue weighted by Crippen LogP contribution is -2.28. The summed E-state index contributed by atoms with van der Waals surface area (Å²) in [7, 11) is 0. The number of thioether (sulfide) groups is 1. The molecule has 5 heteroatoms. The van der Waals surface area contributed by atoms with E-state index >= 15 is 0 Å². The molecule has 1 fully saturated rings. The minimum Gasteiger partial charge on any atom is -0.342 e. The van der Waals surface area contributed by atoms with Gasteiger partial charge in [-0.05, 0) is 36.4 Å². The largest absolute Gasteiger partial charge is 0.342 e. The number of terminal acetylenes is 1. The average Bonchev–Trinajstić information content (AvgIpc) is 3.17. The van der Waals surface area contributed by atoms with Crippen molar-refractivity contribution in [2.45, 2.75) is 13.5 Å². The Bertz CT molecular complexity index is 1150. The smallest absolute Gasteiger partial charge is 0.294 e. The predicted octanol–water partition coefficient (Wildman–Crippen LogP) is 4.67. The Balaban J connectivity index is 1.73. The monoisotopic (exact) mass is 386 g/mol. The number of carbonyl (C=O) groups excluding carboxylic acids is 2. The molecular formula is C23H18N2O2S. The maximum Gasteiger partial charge on any atom is 0.294 e. The van der Waals surface area contributed by atoms with Crippen LogP contribution in [-0.2, 0) is 11.3 Å². The molecule has 0 aliphatic carbocycles. The zero-order valence-electron chi connectivity index (χ0n) is 15.4. The third kappa shape index (κ3) is 3.35. The zero-order chi connectivity index (χ0) is 19.7. The summed E-state index contributed by atoms with van der Waals surface area (Å²) in [5.74, 6) is 2.03. The van der Waals surface area contributed by atoms with Crippen LogP contribution in [0.4, 0.5) is 4.79 Å². The Morgan fingerprint density at radius 3 is 2.61 bits per heavy atom. The first-order valence-electron chi connectivity index (χ1n) is 8.89. The number of aromatic nitrogens is 1. The SMILES string of the molecule is C#CCN1C(=O)S/C(=C\c2cn(Cc3ccc(C)cc3)c3ccccc23)C1=O. The third-order valence-corrected chi connectivity index (χ3v) is 5.61. The second-order valence-electron chi connectivity index (χ2n) is 6.69. The summed E-state index contributed by atoms with van der Waals surface area (Å²) in [5.41, 5.74) is 4.42. The lowest BCUT2D eigenvalue weighted by molar-refractivity contribution is -0.122. The summed E-state index contributed by atoms with van der Waals surface area (Å²) in [6, 6.07) is 16.5. The number of hydrogen-bond donors (Lipinski definition) is 0. The molecule has 28 heavy (non-hydrogen) atoms. The van der Waals surface area contributed by atoms with Crippen LogP contribution in [-0.4, -0.2) is 27.2 Å². The summed E-state index contributed by atoms with van der Waals surface area (Å²) in [5, 5.41) is 0.718. The molecule has 1 aliphatic rings. The van der Waals surface area contributed by atoms with Crippen molar-refractivity contribution in [3.05, 3.63) is 76.3 Å². The third-order valence-electron chi connectivity index (χ3n) is 4.70. The van der Waals surface area contributed by atoms with Gasteiger partial charge in [0.25, 0.3) is 11.1 Å². The maximum absolute atomic E-state index is 12.5. The van der Waals surface area contributed by atoms with E-state index in [0.29, 0.717) is 4.91 Å². The molecule has 0 unspecified atom stereocenters. The molecule has 2 amide bonds. The molecule has 2 aromatic carbocycles. The quantitative estimate of drug-likeness (QED) is 0.483. The highest BCUT2D eigenvalue weighted by Crippen LogP contribution is 2.34. The first kappa shape index (κ1) is 18.1. The van der Waals surface area contributed by atoms with Crippen LogP contribution in [0.5, 0.6) is 0 Å². The molecule has 0 atom stereocenters. The highest BCUT2D eigenvalue weighted by Gasteiger charge is 2.34. The number of fused-ring (bicyclic) bond motifs is 1. The van der Waals surface area contributed by atoms with Crippen molar-refractivity contribution in [1.82, 2.24) is 9.47 Å². The summed E-state index contributed by atoms with van der Waals surface area (Å²) in [4.78, 5) is 26.0. The van der Waals surface area contributed by atoms with Gasteiger partial charge in [-0.25, -0.2) is 0 Å². The van der Waals surface area contributed by atoms with Crippen LogP contribution in [0.25, 0.3) is 17.0 Å². The van der Waals surface area contributed by atoms with Crippen molar-refractivity contribution in [1.29, 1.82) is 0 Å². The lowest BCUT2D eigenvalue weighted by atomic mass is 10.1. The van der Waals surface area contributed by atoms with Crippen molar-refractivity contribution < 1.29 is 9.59 Å². The molecule has 2 heterocycles. The fourth-order valence-corrected chi connectivity index (χ4v) is 4.11. The van der Waals surface area contributed by atoms with Crippen LogP contribution in [0.2, 0.25) is 0 Å². The molecule has 0 saturated carbocycles. The van der Waals surface area contributed by atoms with E-state index in [4.69, 9.17) is 6.42 Å². The number of aryl methyl sites for hydroxylation is 1. The van der Waals surface area contributed by atoms with Crippen LogP contribution >= 0.6 is 11.8 Å². The van der Waals surface area contributed by atoms with Gasteiger partial charge in [0, 0.05) is 29.2 Å². The van der Waals surface area contributed by atoms with Crippen LogP contribution in [0.3, 0.4) is 0 Å². The molecule has 0 spiro atoms. The Morgan fingerprint density at radius 1 is 1.11 bits per heavy atom. The molecule has 1 aliphatic heterocycles. The van der Waals surface area contributed by atoms with E-state index < -0.39 is 0 Å². The molecule has 4 rings (SSSR count). The Labute approximate surface area is 167 Å². The van der Waals surface area contributed by atoms with Gasteiger partial charge >= 0.3 is 0 Å². The zero-order valence-corrected chi connectivity index (χ0v) is 16.2. The van der Waals surface area contributed by atoms with E-state index in [1.54, 1.807) is 6.08 Å². The Morgan fingerprint density at radius 2 is 1.86 bits per heavy atom. The molecular weight excluding hydrogens is 368 g/mol. The Kier molecular flexibility index (Phi) is 4.81. The van der Waals surface area contributed by atoms with Gasteiger partial charge in [-0.15, -0.1) is 6.42 Å². The van der Waals surface area contributed by atoms with Crippen LogP contribution in [0.1, 0.15) is 16.7 Å². The van der Waals surface area contributed by atoms with Gasteiger partial charge in [0.1, 0.15) is 0 Å². The summed E-state index contributed by atoms with van der Waals surface area (Å²) in [6.07, 6.45) is 9.08. The van der Waals surface area contributed by atoms with Gasteiger partial charge in [0.15, 0.2) is 0 Å². The second-order valence-corrected chi connectivity index (χ2v) is 7.68. The van der Waals surface area contributed by atoms with E-state index in [2.05, 4.69) is 47.7 Å². The predicted molar refractivity (Wildman–Crippen MR) is 114 cm³/mol. The van der Waals surface area contributed by atoms with Crippen molar-refractivity contribution in [3.63, 3.8) is 0 Å². The summed E-state index contributed by atoms with van der Waals surface area (Å²) < 4.78 is 2.16. The minimum absolute atomic E-state index is 0.00279. The minimum atomic E-state index is -0.330. The van der Waals surface area contributed by atoms with Gasteiger partial charge in [-0.3, -0.25) is 14.5 Å².